The average molecular weight is 293 g/mol. The van der Waals surface area contributed by atoms with Gasteiger partial charge in [-0.15, -0.1) is 0 Å². The van der Waals surface area contributed by atoms with Crippen LogP contribution in [0.25, 0.3) is 22.7 Å². The summed E-state index contributed by atoms with van der Waals surface area (Å²) in [5.41, 5.74) is 2.15. The van der Waals surface area contributed by atoms with Crippen molar-refractivity contribution >= 4 is 22.7 Å². The van der Waals surface area contributed by atoms with E-state index >= 15 is 0 Å². The molecule has 1 heterocycles. The number of aromatic nitrogens is 2. The monoisotopic (exact) mass is 293 g/mol. The number of hydrogen-bond acceptors (Lipinski definition) is 3. The lowest BCUT2D eigenvalue weighted by atomic mass is 10.1. The Morgan fingerprint density at radius 1 is 1.32 bits per heavy atom. The van der Waals surface area contributed by atoms with Gasteiger partial charge in [0.15, 0.2) is 0 Å². The fourth-order valence-corrected chi connectivity index (χ4v) is 2.14. The van der Waals surface area contributed by atoms with Crippen molar-refractivity contribution in [2.45, 2.75) is 0 Å². The third kappa shape index (κ3) is 2.54. The van der Waals surface area contributed by atoms with E-state index in [2.05, 4.69) is 16.0 Å². The predicted molar refractivity (Wildman–Crippen MR) is 82.5 cm³/mol. The van der Waals surface area contributed by atoms with Gasteiger partial charge in [0.1, 0.15) is 23.5 Å². The number of imidazole rings is 1. The van der Waals surface area contributed by atoms with Crippen molar-refractivity contribution in [3.8, 4) is 11.8 Å². The Hall–Kier alpha value is -3.13. The van der Waals surface area contributed by atoms with Crippen LogP contribution in [0.4, 0.5) is 4.39 Å². The number of H-pyrrole nitrogens is 1. The van der Waals surface area contributed by atoms with Gasteiger partial charge < -0.3 is 9.72 Å². The highest BCUT2D eigenvalue weighted by Crippen LogP contribution is 2.22. The van der Waals surface area contributed by atoms with Crippen LogP contribution < -0.4 is 4.74 Å². The second kappa shape index (κ2) is 5.70. The molecule has 3 rings (SSSR count). The molecule has 0 saturated heterocycles. The number of ether oxygens (including phenoxy) is 1. The number of fused-ring (bicyclic) bond motifs is 1. The first-order chi connectivity index (χ1) is 10.7. The van der Waals surface area contributed by atoms with E-state index in [9.17, 15) is 9.65 Å². The van der Waals surface area contributed by atoms with Gasteiger partial charge in [0.05, 0.1) is 23.7 Å². The van der Waals surface area contributed by atoms with E-state index in [0.717, 1.165) is 11.0 Å². The zero-order chi connectivity index (χ0) is 15.5. The number of para-hydroxylation sites is 2. The topological polar surface area (TPSA) is 61.7 Å². The Bertz CT molecular complexity index is 873. The molecule has 0 spiro atoms. The standard InChI is InChI=1S/C17H12FN3O/c1-22-13-7-6-11(14(18)9-13)8-12(10-19)17-20-15-4-2-3-5-16(15)21-17/h2-9H,1H3,(H,20,21). The smallest absolute Gasteiger partial charge is 0.149 e. The first-order valence-electron chi connectivity index (χ1n) is 6.61. The van der Waals surface area contributed by atoms with E-state index in [4.69, 9.17) is 4.74 Å². The Balaban J connectivity index is 2.05. The zero-order valence-corrected chi connectivity index (χ0v) is 11.8. The maximum atomic E-state index is 14.0. The molecular weight excluding hydrogens is 281 g/mol. The van der Waals surface area contributed by atoms with Crippen LogP contribution in [0.5, 0.6) is 5.75 Å². The third-order valence-corrected chi connectivity index (χ3v) is 3.27. The Morgan fingerprint density at radius 2 is 2.14 bits per heavy atom. The molecule has 0 amide bonds. The van der Waals surface area contributed by atoms with Crippen molar-refractivity contribution in [1.82, 2.24) is 9.97 Å². The molecule has 2 aromatic carbocycles. The summed E-state index contributed by atoms with van der Waals surface area (Å²) in [6.07, 6.45) is 1.46. The fraction of sp³-hybridized carbons (Fsp3) is 0.0588. The minimum absolute atomic E-state index is 0.264. The lowest BCUT2D eigenvalue weighted by Gasteiger charge is -2.02. The van der Waals surface area contributed by atoms with Crippen LogP contribution in [0.2, 0.25) is 0 Å². The molecule has 0 fully saturated rings. The summed E-state index contributed by atoms with van der Waals surface area (Å²) in [4.78, 5) is 7.41. The van der Waals surface area contributed by atoms with Crippen molar-refractivity contribution in [3.63, 3.8) is 0 Å². The molecule has 0 aliphatic rings. The number of rotatable bonds is 3. The molecule has 0 aliphatic heterocycles. The molecule has 3 aromatic rings. The molecule has 0 bridgehead atoms. The molecule has 0 saturated carbocycles. The SMILES string of the molecule is COc1ccc(C=C(C#N)c2nc3ccccc3[nH]2)c(F)c1. The lowest BCUT2D eigenvalue weighted by Crippen LogP contribution is -1.89. The van der Waals surface area contributed by atoms with Gasteiger partial charge in [0.25, 0.3) is 0 Å². The summed E-state index contributed by atoms with van der Waals surface area (Å²) < 4.78 is 19.0. The molecule has 22 heavy (non-hydrogen) atoms. The minimum Gasteiger partial charge on any atom is -0.497 e. The number of hydrogen-bond donors (Lipinski definition) is 1. The summed E-state index contributed by atoms with van der Waals surface area (Å²) in [7, 11) is 1.47. The van der Waals surface area contributed by atoms with Gasteiger partial charge in [-0.05, 0) is 30.3 Å². The summed E-state index contributed by atoms with van der Waals surface area (Å²) in [6, 6.07) is 14.0. The maximum absolute atomic E-state index is 14.0. The second-order valence-corrected chi connectivity index (χ2v) is 4.66. The van der Waals surface area contributed by atoms with E-state index in [1.54, 1.807) is 12.1 Å². The minimum atomic E-state index is -0.455. The number of allylic oxidation sites excluding steroid dienone is 1. The van der Waals surface area contributed by atoms with Gasteiger partial charge in [0.2, 0.25) is 0 Å². The van der Waals surface area contributed by atoms with Crippen LogP contribution in [-0.4, -0.2) is 17.1 Å². The van der Waals surface area contributed by atoms with Gasteiger partial charge in [-0.1, -0.05) is 12.1 Å². The molecule has 1 aromatic heterocycles. The summed E-state index contributed by atoms with van der Waals surface area (Å²) >= 11 is 0. The summed E-state index contributed by atoms with van der Waals surface area (Å²) in [5.74, 6) is 0.388. The Kier molecular flexibility index (Phi) is 3.58. The van der Waals surface area contributed by atoms with E-state index in [1.165, 1.54) is 19.3 Å². The van der Waals surface area contributed by atoms with Crippen LogP contribution >= 0.6 is 0 Å². The van der Waals surface area contributed by atoms with Crippen LogP contribution in [0.15, 0.2) is 42.5 Å². The molecule has 4 nitrogen and oxygen atoms in total. The van der Waals surface area contributed by atoms with E-state index < -0.39 is 5.82 Å². The zero-order valence-electron chi connectivity index (χ0n) is 11.8. The molecule has 0 atom stereocenters. The number of benzene rings is 2. The Morgan fingerprint density at radius 3 is 2.82 bits per heavy atom. The first-order valence-corrected chi connectivity index (χ1v) is 6.61. The van der Waals surface area contributed by atoms with Gasteiger partial charge in [-0.3, -0.25) is 0 Å². The van der Waals surface area contributed by atoms with Gasteiger partial charge in [0, 0.05) is 11.6 Å². The average Bonchev–Trinajstić information content (AvgIpc) is 2.97. The number of nitrogens with zero attached hydrogens (tertiary/aromatic N) is 2. The number of halogens is 1. The summed E-state index contributed by atoms with van der Waals surface area (Å²) in [5, 5.41) is 9.33. The van der Waals surface area contributed by atoms with Gasteiger partial charge in [-0.25, -0.2) is 9.37 Å². The lowest BCUT2D eigenvalue weighted by molar-refractivity contribution is 0.411. The van der Waals surface area contributed by atoms with Gasteiger partial charge in [-0.2, -0.15) is 5.26 Å². The first kappa shape index (κ1) is 13.8. The van der Waals surface area contributed by atoms with Crippen molar-refractivity contribution in [3.05, 3.63) is 59.7 Å². The normalized spacial score (nSPS) is 11.4. The maximum Gasteiger partial charge on any atom is 0.149 e. The molecule has 0 aliphatic carbocycles. The molecular formula is C17H12FN3O. The largest absolute Gasteiger partial charge is 0.497 e. The predicted octanol–water partition coefficient (Wildman–Crippen LogP) is 3.77. The summed E-state index contributed by atoms with van der Waals surface area (Å²) in [6.45, 7) is 0. The van der Waals surface area contributed by atoms with Crippen LogP contribution in [0, 0.1) is 17.1 Å². The highest BCUT2D eigenvalue weighted by Gasteiger charge is 2.09. The molecule has 1 N–H and O–H groups in total. The quantitative estimate of drug-likeness (QED) is 0.748. The van der Waals surface area contributed by atoms with Crippen LogP contribution in [-0.2, 0) is 0 Å². The molecule has 5 heteroatoms. The number of aromatic amines is 1. The highest BCUT2D eigenvalue weighted by atomic mass is 19.1. The molecule has 0 radical (unpaired) electrons. The van der Waals surface area contributed by atoms with E-state index in [1.807, 2.05) is 24.3 Å². The third-order valence-electron chi connectivity index (χ3n) is 3.27. The van der Waals surface area contributed by atoms with Crippen molar-refractivity contribution in [2.75, 3.05) is 7.11 Å². The number of nitriles is 1. The van der Waals surface area contributed by atoms with Crippen LogP contribution in [0.1, 0.15) is 11.4 Å². The fourth-order valence-electron chi connectivity index (χ4n) is 2.14. The van der Waals surface area contributed by atoms with Crippen molar-refractivity contribution < 1.29 is 9.13 Å². The highest BCUT2D eigenvalue weighted by molar-refractivity contribution is 5.90. The van der Waals surface area contributed by atoms with Crippen molar-refractivity contribution in [2.24, 2.45) is 0 Å². The van der Waals surface area contributed by atoms with E-state index in [0.29, 0.717) is 17.1 Å². The van der Waals surface area contributed by atoms with E-state index in [-0.39, 0.29) is 5.57 Å². The second-order valence-electron chi connectivity index (χ2n) is 4.66. The van der Waals surface area contributed by atoms with Crippen LogP contribution in [0.3, 0.4) is 0 Å². The number of nitrogens with one attached hydrogen (secondary N) is 1. The Labute approximate surface area is 126 Å². The molecule has 0 unspecified atom stereocenters. The van der Waals surface area contributed by atoms with Gasteiger partial charge >= 0.3 is 0 Å². The van der Waals surface area contributed by atoms with Crippen molar-refractivity contribution in [1.29, 1.82) is 5.26 Å². The number of methoxy groups -OCH3 is 1. The molecule has 108 valence electrons.